The van der Waals surface area contributed by atoms with Crippen molar-refractivity contribution < 1.29 is 9.53 Å². The van der Waals surface area contributed by atoms with Gasteiger partial charge in [-0.3, -0.25) is 4.79 Å². The van der Waals surface area contributed by atoms with Gasteiger partial charge in [0.2, 0.25) is 0 Å². The zero-order chi connectivity index (χ0) is 11.8. The number of aromatic amines is 1. The molecule has 2 aliphatic heterocycles. The number of aromatic nitrogens is 1. The Hall–Kier alpha value is -1.20. The van der Waals surface area contributed by atoms with Crippen LogP contribution in [0.1, 0.15) is 29.6 Å². The molecular formula is C12H14N2O2S. The standard InChI is InChI=1S/C12H14N2O2S/c15-11(8-2-1-5-13-12(8)17)14-9-6-7-3-4-10(9)16-7/h1-2,5,7,9-10H,3-4,6H2,(H,13,17)(H,14,15). The number of rotatable bonds is 2. The summed E-state index contributed by atoms with van der Waals surface area (Å²) < 4.78 is 6.18. The van der Waals surface area contributed by atoms with E-state index in [1.54, 1.807) is 18.3 Å². The summed E-state index contributed by atoms with van der Waals surface area (Å²) in [6, 6.07) is 3.67. The average molecular weight is 250 g/mol. The summed E-state index contributed by atoms with van der Waals surface area (Å²) in [5.41, 5.74) is 0.533. The number of pyridine rings is 1. The monoisotopic (exact) mass is 250 g/mol. The molecule has 3 rings (SSSR count). The first kappa shape index (κ1) is 10.9. The van der Waals surface area contributed by atoms with E-state index in [-0.39, 0.29) is 18.1 Å². The molecule has 4 nitrogen and oxygen atoms in total. The van der Waals surface area contributed by atoms with E-state index in [0.29, 0.717) is 16.3 Å². The lowest BCUT2D eigenvalue weighted by molar-refractivity contribution is 0.0840. The number of nitrogens with one attached hydrogen (secondary N) is 2. The van der Waals surface area contributed by atoms with E-state index in [1.165, 1.54) is 0 Å². The van der Waals surface area contributed by atoms with E-state index >= 15 is 0 Å². The van der Waals surface area contributed by atoms with Gasteiger partial charge in [-0.05, 0) is 31.4 Å². The molecule has 17 heavy (non-hydrogen) atoms. The molecule has 0 spiro atoms. The molecule has 3 atom stereocenters. The summed E-state index contributed by atoms with van der Waals surface area (Å²) in [7, 11) is 0. The second kappa shape index (κ2) is 4.23. The summed E-state index contributed by atoms with van der Waals surface area (Å²) in [5, 5.41) is 3.02. The second-order valence-electron chi connectivity index (χ2n) is 4.60. The van der Waals surface area contributed by atoms with Crippen LogP contribution in [-0.2, 0) is 4.74 Å². The van der Waals surface area contributed by atoms with Gasteiger partial charge in [0.15, 0.2) is 0 Å². The molecule has 0 aromatic carbocycles. The van der Waals surface area contributed by atoms with E-state index in [2.05, 4.69) is 10.3 Å². The number of carbonyl (C=O) groups is 1. The van der Waals surface area contributed by atoms with Crippen LogP contribution >= 0.6 is 12.2 Å². The Morgan fingerprint density at radius 2 is 2.41 bits per heavy atom. The Bertz CT molecular complexity index is 499. The molecule has 5 heteroatoms. The van der Waals surface area contributed by atoms with Crippen molar-refractivity contribution in [1.29, 1.82) is 0 Å². The largest absolute Gasteiger partial charge is 0.373 e. The number of carbonyl (C=O) groups excluding carboxylic acids is 1. The third kappa shape index (κ3) is 2.00. The molecule has 0 radical (unpaired) electrons. The fourth-order valence-electron chi connectivity index (χ4n) is 2.64. The van der Waals surface area contributed by atoms with Crippen LogP contribution in [0.2, 0.25) is 0 Å². The maximum Gasteiger partial charge on any atom is 0.254 e. The lowest BCUT2D eigenvalue weighted by Crippen LogP contribution is -2.41. The molecule has 2 bridgehead atoms. The van der Waals surface area contributed by atoms with Crippen LogP contribution in [0.15, 0.2) is 18.3 Å². The summed E-state index contributed by atoms with van der Waals surface area (Å²) in [6.07, 6.45) is 5.37. The van der Waals surface area contributed by atoms with Gasteiger partial charge in [-0.25, -0.2) is 0 Å². The number of hydrogen-bond acceptors (Lipinski definition) is 3. The quantitative estimate of drug-likeness (QED) is 0.787. The summed E-state index contributed by atoms with van der Waals surface area (Å²) >= 11 is 5.09. The van der Waals surface area contributed by atoms with Crippen LogP contribution in [-0.4, -0.2) is 29.1 Å². The molecule has 0 saturated carbocycles. The lowest BCUT2D eigenvalue weighted by atomic mass is 9.95. The van der Waals surface area contributed by atoms with E-state index in [9.17, 15) is 4.79 Å². The van der Waals surface area contributed by atoms with Gasteiger partial charge in [-0.1, -0.05) is 12.2 Å². The molecule has 1 aromatic heterocycles. The van der Waals surface area contributed by atoms with Gasteiger partial charge in [0, 0.05) is 6.20 Å². The molecule has 2 saturated heterocycles. The molecule has 90 valence electrons. The molecule has 1 aromatic rings. The van der Waals surface area contributed by atoms with Gasteiger partial charge < -0.3 is 15.0 Å². The fraction of sp³-hybridized carbons (Fsp3) is 0.500. The molecule has 1 amide bonds. The van der Waals surface area contributed by atoms with Gasteiger partial charge >= 0.3 is 0 Å². The van der Waals surface area contributed by atoms with Crippen LogP contribution in [0.4, 0.5) is 0 Å². The van der Waals surface area contributed by atoms with Gasteiger partial charge in [0.1, 0.15) is 4.64 Å². The van der Waals surface area contributed by atoms with Crippen molar-refractivity contribution in [3.63, 3.8) is 0 Å². The minimum atomic E-state index is -0.104. The highest BCUT2D eigenvalue weighted by atomic mass is 32.1. The summed E-state index contributed by atoms with van der Waals surface area (Å²) in [6.45, 7) is 0. The first-order valence-corrected chi connectivity index (χ1v) is 6.29. The topological polar surface area (TPSA) is 54.1 Å². The van der Waals surface area contributed by atoms with E-state index in [4.69, 9.17) is 17.0 Å². The minimum Gasteiger partial charge on any atom is -0.373 e. The summed E-state index contributed by atoms with van der Waals surface area (Å²) in [5.74, 6) is -0.104. The van der Waals surface area contributed by atoms with Crippen molar-refractivity contribution in [1.82, 2.24) is 10.3 Å². The number of ether oxygens (including phenoxy) is 1. The zero-order valence-corrected chi connectivity index (χ0v) is 10.1. The van der Waals surface area contributed by atoms with Gasteiger partial charge in [-0.2, -0.15) is 0 Å². The van der Waals surface area contributed by atoms with Crippen molar-refractivity contribution in [3.8, 4) is 0 Å². The molecule has 3 heterocycles. The first-order chi connectivity index (χ1) is 8.24. The molecule has 2 fully saturated rings. The number of fused-ring (bicyclic) bond motifs is 2. The Morgan fingerprint density at radius 3 is 3.06 bits per heavy atom. The Labute approximate surface area is 104 Å². The second-order valence-corrected chi connectivity index (χ2v) is 5.01. The highest BCUT2D eigenvalue weighted by Gasteiger charge is 2.41. The van der Waals surface area contributed by atoms with Crippen LogP contribution < -0.4 is 5.32 Å². The first-order valence-electron chi connectivity index (χ1n) is 5.88. The molecule has 2 N–H and O–H groups in total. The zero-order valence-electron chi connectivity index (χ0n) is 9.31. The highest BCUT2D eigenvalue weighted by molar-refractivity contribution is 7.71. The Kier molecular flexibility index (Phi) is 2.72. The third-order valence-electron chi connectivity index (χ3n) is 3.49. The number of amides is 1. The molecule has 3 unspecified atom stereocenters. The maximum absolute atomic E-state index is 12.0. The van der Waals surface area contributed by atoms with Crippen LogP contribution in [0, 0.1) is 4.64 Å². The Morgan fingerprint density at radius 1 is 1.53 bits per heavy atom. The van der Waals surface area contributed by atoms with Crippen LogP contribution in [0.25, 0.3) is 0 Å². The highest BCUT2D eigenvalue weighted by Crippen LogP contribution is 2.34. The van der Waals surface area contributed by atoms with Crippen molar-refractivity contribution in [2.45, 2.75) is 37.5 Å². The van der Waals surface area contributed by atoms with Crippen molar-refractivity contribution >= 4 is 18.1 Å². The lowest BCUT2D eigenvalue weighted by Gasteiger charge is -2.19. The maximum atomic E-state index is 12.0. The minimum absolute atomic E-state index is 0.104. The molecule has 2 aliphatic rings. The number of hydrogen-bond donors (Lipinski definition) is 2. The average Bonchev–Trinajstić information content (AvgIpc) is 2.91. The van der Waals surface area contributed by atoms with Gasteiger partial charge in [0.05, 0.1) is 23.8 Å². The van der Waals surface area contributed by atoms with E-state index in [1.807, 2.05) is 0 Å². The molecule has 0 aliphatic carbocycles. The summed E-state index contributed by atoms with van der Waals surface area (Å²) in [4.78, 5) is 14.9. The Balaban J connectivity index is 1.72. The molecular weight excluding hydrogens is 236 g/mol. The van der Waals surface area contributed by atoms with E-state index in [0.717, 1.165) is 19.3 Å². The SMILES string of the molecule is O=C(NC1CC2CCC1O2)c1ccc[nH]c1=S. The third-order valence-corrected chi connectivity index (χ3v) is 3.82. The predicted molar refractivity (Wildman–Crippen MR) is 65.4 cm³/mol. The van der Waals surface area contributed by atoms with Gasteiger partial charge in [-0.15, -0.1) is 0 Å². The smallest absolute Gasteiger partial charge is 0.254 e. The normalized spacial score (nSPS) is 30.5. The van der Waals surface area contributed by atoms with E-state index < -0.39 is 0 Å². The van der Waals surface area contributed by atoms with Crippen LogP contribution in [0.3, 0.4) is 0 Å². The van der Waals surface area contributed by atoms with Crippen LogP contribution in [0.5, 0.6) is 0 Å². The van der Waals surface area contributed by atoms with Crippen molar-refractivity contribution in [2.24, 2.45) is 0 Å². The van der Waals surface area contributed by atoms with Crippen molar-refractivity contribution in [2.75, 3.05) is 0 Å². The number of H-pyrrole nitrogens is 1. The van der Waals surface area contributed by atoms with Crippen molar-refractivity contribution in [3.05, 3.63) is 28.5 Å². The predicted octanol–water partition coefficient (Wildman–Crippen LogP) is 1.79. The fourth-order valence-corrected chi connectivity index (χ4v) is 2.87. The van der Waals surface area contributed by atoms with Gasteiger partial charge in [0.25, 0.3) is 5.91 Å².